The average molecular weight is 281 g/mol. The van der Waals surface area contributed by atoms with Crippen LogP contribution in [-0.4, -0.2) is 18.6 Å². The molecule has 1 saturated heterocycles. The summed E-state index contributed by atoms with van der Waals surface area (Å²) < 4.78 is 0. The molecular weight excluding hydrogens is 256 g/mol. The van der Waals surface area contributed by atoms with Gasteiger partial charge in [0.15, 0.2) is 0 Å². The summed E-state index contributed by atoms with van der Waals surface area (Å²) in [5.41, 5.74) is 2.25. The molecule has 0 bridgehead atoms. The van der Waals surface area contributed by atoms with Gasteiger partial charge in [-0.15, -0.1) is 0 Å². The zero-order valence-electron chi connectivity index (χ0n) is 12.0. The van der Waals surface area contributed by atoms with Crippen molar-refractivity contribution in [3.8, 4) is 0 Å². The first-order valence-corrected chi connectivity index (χ1v) is 7.79. The molecule has 19 heavy (non-hydrogen) atoms. The van der Waals surface area contributed by atoms with Crippen molar-refractivity contribution in [2.45, 2.75) is 58.0 Å². The van der Waals surface area contributed by atoms with Crippen molar-refractivity contribution in [3.63, 3.8) is 0 Å². The second-order valence-electron chi connectivity index (χ2n) is 5.75. The first kappa shape index (κ1) is 14.7. The summed E-state index contributed by atoms with van der Waals surface area (Å²) in [6, 6.07) is 7.33. The summed E-state index contributed by atoms with van der Waals surface area (Å²) in [6.45, 7) is 5.46. The summed E-state index contributed by atoms with van der Waals surface area (Å²) in [5.74, 6) is 0. The summed E-state index contributed by atoms with van der Waals surface area (Å²) in [4.78, 5) is 0. The Kier molecular flexibility index (Phi) is 5.53. The van der Waals surface area contributed by atoms with Crippen LogP contribution >= 0.6 is 11.6 Å². The van der Waals surface area contributed by atoms with Gasteiger partial charge < -0.3 is 10.6 Å². The van der Waals surface area contributed by atoms with E-state index in [2.05, 4.69) is 29.7 Å². The van der Waals surface area contributed by atoms with Crippen LogP contribution in [0.25, 0.3) is 0 Å². The highest BCUT2D eigenvalue weighted by Gasteiger charge is 2.14. The Bertz CT molecular complexity index is 398. The Morgan fingerprint density at radius 1 is 1.37 bits per heavy atom. The van der Waals surface area contributed by atoms with Crippen molar-refractivity contribution in [1.82, 2.24) is 5.32 Å². The molecule has 1 aromatic rings. The van der Waals surface area contributed by atoms with E-state index in [0.717, 1.165) is 16.3 Å². The maximum absolute atomic E-state index is 6.16. The highest BCUT2D eigenvalue weighted by Crippen LogP contribution is 2.21. The van der Waals surface area contributed by atoms with Crippen molar-refractivity contribution < 1.29 is 0 Å². The lowest BCUT2D eigenvalue weighted by atomic mass is 10.0. The van der Waals surface area contributed by atoms with Gasteiger partial charge in [0.1, 0.15) is 0 Å². The molecule has 1 fully saturated rings. The predicted octanol–water partition coefficient (Wildman–Crippen LogP) is 4.37. The van der Waals surface area contributed by atoms with E-state index < -0.39 is 0 Å². The van der Waals surface area contributed by atoms with E-state index in [0.29, 0.717) is 12.1 Å². The Morgan fingerprint density at radius 3 is 3.00 bits per heavy atom. The molecule has 1 heterocycles. The van der Waals surface area contributed by atoms with Crippen LogP contribution in [0.4, 0.5) is 5.69 Å². The van der Waals surface area contributed by atoms with E-state index in [1.807, 2.05) is 13.0 Å². The van der Waals surface area contributed by atoms with Crippen molar-refractivity contribution in [3.05, 3.63) is 28.8 Å². The third-order valence-corrected chi connectivity index (χ3v) is 4.29. The van der Waals surface area contributed by atoms with E-state index >= 15 is 0 Å². The monoisotopic (exact) mass is 280 g/mol. The molecule has 2 atom stereocenters. The standard InChI is InChI=1S/C16H25ClN2/c1-12-7-8-15(11-16(12)17)19-13(2)10-14-6-4-3-5-9-18-14/h7-8,11,13-14,18-19H,3-6,9-10H2,1-2H3. The van der Waals surface area contributed by atoms with E-state index in [9.17, 15) is 0 Å². The van der Waals surface area contributed by atoms with Crippen molar-refractivity contribution in [2.24, 2.45) is 0 Å². The normalized spacial score (nSPS) is 21.7. The third kappa shape index (κ3) is 4.70. The number of aryl methyl sites for hydroxylation is 1. The molecule has 2 rings (SSSR count). The van der Waals surface area contributed by atoms with Gasteiger partial charge in [0.25, 0.3) is 0 Å². The number of rotatable bonds is 4. The Morgan fingerprint density at radius 2 is 2.21 bits per heavy atom. The van der Waals surface area contributed by atoms with Crippen LogP contribution in [-0.2, 0) is 0 Å². The number of halogens is 1. The summed E-state index contributed by atoms with van der Waals surface area (Å²) in [5, 5.41) is 8.04. The maximum atomic E-state index is 6.16. The molecule has 0 amide bonds. The van der Waals surface area contributed by atoms with E-state index in [1.165, 1.54) is 38.6 Å². The van der Waals surface area contributed by atoms with Crippen molar-refractivity contribution in [1.29, 1.82) is 0 Å². The Balaban J connectivity index is 1.85. The highest BCUT2D eigenvalue weighted by atomic mass is 35.5. The Labute approximate surface area is 121 Å². The summed E-state index contributed by atoms with van der Waals surface area (Å²) in [6.07, 6.45) is 6.54. The molecule has 1 aliphatic rings. The molecule has 2 nitrogen and oxygen atoms in total. The molecule has 1 aromatic carbocycles. The number of hydrogen-bond acceptors (Lipinski definition) is 2. The second kappa shape index (κ2) is 7.16. The lowest BCUT2D eigenvalue weighted by Crippen LogP contribution is -2.33. The molecule has 0 spiro atoms. The number of nitrogens with one attached hydrogen (secondary N) is 2. The lowest BCUT2D eigenvalue weighted by molar-refractivity contribution is 0.456. The van der Waals surface area contributed by atoms with Gasteiger partial charge in [0, 0.05) is 22.8 Å². The van der Waals surface area contributed by atoms with Crippen LogP contribution in [0.15, 0.2) is 18.2 Å². The average Bonchev–Trinajstić information content (AvgIpc) is 2.62. The number of anilines is 1. The molecule has 2 N–H and O–H groups in total. The highest BCUT2D eigenvalue weighted by molar-refractivity contribution is 6.31. The van der Waals surface area contributed by atoms with Crippen LogP contribution in [0, 0.1) is 6.92 Å². The SMILES string of the molecule is Cc1ccc(NC(C)CC2CCCCCN2)cc1Cl. The molecule has 2 unspecified atom stereocenters. The zero-order valence-corrected chi connectivity index (χ0v) is 12.8. The Hall–Kier alpha value is -0.730. The lowest BCUT2D eigenvalue weighted by Gasteiger charge is -2.22. The molecule has 106 valence electrons. The molecular formula is C16H25ClN2. The van der Waals surface area contributed by atoms with Crippen LogP contribution in [0.5, 0.6) is 0 Å². The van der Waals surface area contributed by atoms with Crippen molar-refractivity contribution >= 4 is 17.3 Å². The van der Waals surface area contributed by atoms with Gasteiger partial charge >= 0.3 is 0 Å². The first-order valence-electron chi connectivity index (χ1n) is 7.41. The van der Waals surface area contributed by atoms with Crippen molar-refractivity contribution in [2.75, 3.05) is 11.9 Å². The predicted molar refractivity (Wildman–Crippen MR) is 84.1 cm³/mol. The number of benzene rings is 1. The first-order chi connectivity index (χ1) is 9.15. The van der Waals surface area contributed by atoms with E-state index in [4.69, 9.17) is 11.6 Å². The fourth-order valence-corrected chi connectivity index (χ4v) is 2.94. The maximum Gasteiger partial charge on any atom is 0.0455 e. The second-order valence-corrected chi connectivity index (χ2v) is 6.15. The van der Waals surface area contributed by atoms with Crippen LogP contribution in [0.1, 0.15) is 44.6 Å². The topological polar surface area (TPSA) is 24.1 Å². The largest absolute Gasteiger partial charge is 0.382 e. The fraction of sp³-hybridized carbons (Fsp3) is 0.625. The molecule has 0 aromatic heterocycles. The van der Waals surface area contributed by atoms with Gasteiger partial charge in [-0.3, -0.25) is 0 Å². The molecule has 0 aliphatic carbocycles. The zero-order chi connectivity index (χ0) is 13.7. The van der Waals surface area contributed by atoms with Crippen LogP contribution < -0.4 is 10.6 Å². The summed E-state index contributed by atoms with van der Waals surface area (Å²) in [7, 11) is 0. The minimum atomic E-state index is 0.467. The van der Waals surface area contributed by atoms with Crippen LogP contribution in [0.2, 0.25) is 5.02 Å². The summed E-state index contributed by atoms with van der Waals surface area (Å²) >= 11 is 6.16. The van der Waals surface area contributed by atoms with E-state index in [-0.39, 0.29) is 0 Å². The van der Waals surface area contributed by atoms with Gasteiger partial charge in [-0.1, -0.05) is 30.5 Å². The third-order valence-electron chi connectivity index (χ3n) is 3.89. The van der Waals surface area contributed by atoms with Gasteiger partial charge in [0.05, 0.1) is 0 Å². The fourth-order valence-electron chi connectivity index (χ4n) is 2.75. The van der Waals surface area contributed by atoms with Gasteiger partial charge in [0.2, 0.25) is 0 Å². The number of hydrogen-bond donors (Lipinski definition) is 2. The van der Waals surface area contributed by atoms with Gasteiger partial charge in [-0.05, 0) is 57.4 Å². The van der Waals surface area contributed by atoms with Crippen LogP contribution in [0.3, 0.4) is 0 Å². The van der Waals surface area contributed by atoms with Gasteiger partial charge in [-0.25, -0.2) is 0 Å². The smallest absolute Gasteiger partial charge is 0.0455 e. The minimum absolute atomic E-state index is 0.467. The quantitative estimate of drug-likeness (QED) is 0.856. The minimum Gasteiger partial charge on any atom is -0.382 e. The molecule has 1 aliphatic heterocycles. The molecule has 3 heteroatoms. The molecule has 0 radical (unpaired) electrons. The molecule has 0 saturated carbocycles. The van der Waals surface area contributed by atoms with E-state index in [1.54, 1.807) is 0 Å². The van der Waals surface area contributed by atoms with Gasteiger partial charge in [-0.2, -0.15) is 0 Å².